The Hall–Kier alpha value is -2.82. The fourth-order valence-electron chi connectivity index (χ4n) is 2.62. The Bertz CT molecular complexity index is 709. The van der Waals surface area contributed by atoms with Crippen LogP contribution in [0.3, 0.4) is 0 Å². The minimum Gasteiger partial charge on any atom is -0.492 e. The van der Waals surface area contributed by atoms with E-state index in [4.69, 9.17) is 4.74 Å². The highest BCUT2D eigenvalue weighted by atomic mass is 16.5. The van der Waals surface area contributed by atoms with E-state index < -0.39 is 0 Å². The fraction of sp³-hybridized carbons (Fsp3) is 0.333. The van der Waals surface area contributed by atoms with Crippen molar-refractivity contribution in [2.45, 2.75) is 26.7 Å². The van der Waals surface area contributed by atoms with Gasteiger partial charge in [0.1, 0.15) is 12.4 Å². The van der Waals surface area contributed by atoms with Crippen molar-refractivity contribution in [2.75, 3.05) is 19.7 Å². The molecular weight excluding hydrogens is 328 g/mol. The molecule has 0 bridgehead atoms. The average molecular weight is 354 g/mol. The van der Waals surface area contributed by atoms with Gasteiger partial charge in [0.15, 0.2) is 0 Å². The second-order valence-corrected chi connectivity index (χ2v) is 6.28. The molecule has 2 rings (SSSR count). The monoisotopic (exact) mass is 354 g/mol. The van der Waals surface area contributed by atoms with Crippen molar-refractivity contribution in [1.29, 1.82) is 0 Å². The molecule has 0 aliphatic heterocycles. The van der Waals surface area contributed by atoms with Gasteiger partial charge in [-0.3, -0.25) is 9.59 Å². The van der Waals surface area contributed by atoms with Crippen molar-refractivity contribution in [2.24, 2.45) is 0 Å². The van der Waals surface area contributed by atoms with Crippen molar-refractivity contribution >= 4 is 11.8 Å². The number of hydrogen-bond donors (Lipinski definition) is 2. The molecule has 0 fully saturated rings. The van der Waals surface area contributed by atoms with Crippen LogP contribution in [0.15, 0.2) is 48.5 Å². The summed E-state index contributed by atoms with van der Waals surface area (Å²) in [5.41, 5.74) is 3.25. The van der Waals surface area contributed by atoms with Gasteiger partial charge < -0.3 is 15.4 Å². The van der Waals surface area contributed by atoms with E-state index in [2.05, 4.69) is 16.7 Å². The Balaban J connectivity index is 1.56. The molecule has 2 amide bonds. The van der Waals surface area contributed by atoms with Crippen LogP contribution in [-0.2, 0) is 16.0 Å². The number of carbonyl (C=O) groups is 2. The molecule has 0 aromatic heterocycles. The van der Waals surface area contributed by atoms with E-state index in [-0.39, 0.29) is 18.2 Å². The molecule has 138 valence electrons. The lowest BCUT2D eigenvalue weighted by Crippen LogP contribution is -2.33. The molecule has 5 heteroatoms. The molecule has 5 nitrogen and oxygen atoms in total. The van der Waals surface area contributed by atoms with E-state index in [0.717, 1.165) is 22.4 Å². The lowest BCUT2D eigenvalue weighted by atomic mass is 10.1. The molecule has 2 N–H and O–H groups in total. The average Bonchev–Trinajstić information content (AvgIpc) is 2.59. The van der Waals surface area contributed by atoms with E-state index in [1.54, 1.807) is 0 Å². The second-order valence-electron chi connectivity index (χ2n) is 6.28. The summed E-state index contributed by atoms with van der Waals surface area (Å²) in [6, 6.07) is 15.5. The quantitative estimate of drug-likeness (QED) is 0.680. The Morgan fingerprint density at radius 3 is 2.23 bits per heavy atom. The molecule has 0 heterocycles. The molecule has 0 unspecified atom stereocenters. The van der Waals surface area contributed by atoms with Crippen LogP contribution in [0, 0.1) is 13.8 Å². The summed E-state index contributed by atoms with van der Waals surface area (Å²) >= 11 is 0. The molecule has 0 aliphatic rings. The predicted molar refractivity (Wildman–Crippen MR) is 102 cm³/mol. The zero-order valence-corrected chi connectivity index (χ0v) is 15.4. The largest absolute Gasteiger partial charge is 0.492 e. The van der Waals surface area contributed by atoms with Crippen LogP contribution in [0.1, 0.15) is 23.1 Å². The summed E-state index contributed by atoms with van der Waals surface area (Å²) in [5, 5.41) is 5.55. The number of nitrogens with one attached hydrogen (secondary N) is 2. The van der Waals surface area contributed by atoms with Crippen molar-refractivity contribution in [3.63, 3.8) is 0 Å². The van der Waals surface area contributed by atoms with E-state index in [9.17, 15) is 9.59 Å². The standard InChI is InChI=1S/C21H26N2O3/c1-16-12-17(2)14-19(13-16)26-11-10-23-20(24)8-9-22-21(25)15-18-6-4-3-5-7-18/h3-7,12-14H,8-11,15H2,1-2H3,(H,22,25)(H,23,24). The van der Waals surface area contributed by atoms with Gasteiger partial charge >= 0.3 is 0 Å². The minimum absolute atomic E-state index is 0.0813. The predicted octanol–water partition coefficient (Wildman–Crippen LogP) is 2.55. The number of ether oxygens (including phenoxy) is 1. The Kier molecular flexibility index (Phi) is 7.68. The zero-order chi connectivity index (χ0) is 18.8. The third-order valence-electron chi connectivity index (χ3n) is 3.77. The summed E-state index contributed by atoms with van der Waals surface area (Å²) in [7, 11) is 0. The Labute approximate surface area is 154 Å². The summed E-state index contributed by atoms with van der Waals surface area (Å²) in [5.74, 6) is 0.626. The van der Waals surface area contributed by atoms with Gasteiger partial charge in [-0.2, -0.15) is 0 Å². The van der Waals surface area contributed by atoms with Crippen molar-refractivity contribution in [1.82, 2.24) is 10.6 Å². The van der Waals surface area contributed by atoms with Gasteiger partial charge in [0.2, 0.25) is 11.8 Å². The summed E-state index contributed by atoms with van der Waals surface area (Å²) in [4.78, 5) is 23.6. The van der Waals surface area contributed by atoms with E-state index in [1.807, 2.05) is 56.3 Å². The summed E-state index contributed by atoms with van der Waals surface area (Å²) in [6.07, 6.45) is 0.580. The molecule has 26 heavy (non-hydrogen) atoms. The van der Waals surface area contributed by atoms with E-state index in [1.165, 1.54) is 0 Å². The van der Waals surface area contributed by atoms with Crippen LogP contribution in [0.5, 0.6) is 5.75 Å². The van der Waals surface area contributed by atoms with Gasteiger partial charge in [0.05, 0.1) is 13.0 Å². The van der Waals surface area contributed by atoms with Gasteiger partial charge in [-0.1, -0.05) is 36.4 Å². The number of hydrogen-bond acceptors (Lipinski definition) is 3. The fourth-order valence-corrected chi connectivity index (χ4v) is 2.62. The first-order chi connectivity index (χ1) is 12.5. The molecule has 0 saturated carbocycles. The molecule has 0 aliphatic carbocycles. The van der Waals surface area contributed by atoms with Crippen LogP contribution in [0.25, 0.3) is 0 Å². The maximum Gasteiger partial charge on any atom is 0.224 e. The van der Waals surface area contributed by atoms with E-state index in [0.29, 0.717) is 26.1 Å². The first-order valence-electron chi connectivity index (χ1n) is 8.81. The number of rotatable bonds is 9. The maximum absolute atomic E-state index is 11.8. The molecule has 2 aromatic carbocycles. The Morgan fingerprint density at radius 2 is 1.54 bits per heavy atom. The Morgan fingerprint density at radius 1 is 0.885 bits per heavy atom. The molecule has 0 atom stereocenters. The number of carbonyl (C=O) groups excluding carboxylic acids is 2. The highest BCUT2D eigenvalue weighted by Crippen LogP contribution is 2.15. The van der Waals surface area contributed by atoms with Crippen LogP contribution >= 0.6 is 0 Å². The second kappa shape index (κ2) is 10.2. The van der Waals surface area contributed by atoms with Crippen LogP contribution in [-0.4, -0.2) is 31.5 Å². The molecule has 0 spiro atoms. The van der Waals surface area contributed by atoms with Crippen LogP contribution < -0.4 is 15.4 Å². The van der Waals surface area contributed by atoms with Gasteiger partial charge in [0, 0.05) is 13.0 Å². The first-order valence-corrected chi connectivity index (χ1v) is 8.81. The van der Waals surface area contributed by atoms with Gasteiger partial charge in [-0.25, -0.2) is 0 Å². The molecule has 2 aromatic rings. The van der Waals surface area contributed by atoms with Gasteiger partial charge in [-0.15, -0.1) is 0 Å². The van der Waals surface area contributed by atoms with Gasteiger partial charge in [0.25, 0.3) is 0 Å². The highest BCUT2D eigenvalue weighted by Gasteiger charge is 2.05. The van der Waals surface area contributed by atoms with Crippen molar-refractivity contribution < 1.29 is 14.3 Å². The number of amides is 2. The van der Waals surface area contributed by atoms with Crippen molar-refractivity contribution in [3.05, 3.63) is 65.2 Å². The zero-order valence-electron chi connectivity index (χ0n) is 15.4. The number of benzene rings is 2. The maximum atomic E-state index is 11.8. The third kappa shape index (κ3) is 7.38. The van der Waals surface area contributed by atoms with Crippen molar-refractivity contribution in [3.8, 4) is 5.75 Å². The molecular formula is C21H26N2O3. The summed E-state index contributed by atoms with van der Waals surface area (Å²) in [6.45, 7) is 5.22. The SMILES string of the molecule is Cc1cc(C)cc(OCCNC(=O)CCNC(=O)Cc2ccccc2)c1. The van der Waals surface area contributed by atoms with Crippen LogP contribution in [0.4, 0.5) is 0 Å². The normalized spacial score (nSPS) is 10.2. The van der Waals surface area contributed by atoms with Crippen LogP contribution in [0.2, 0.25) is 0 Å². The lowest BCUT2D eigenvalue weighted by molar-refractivity contribution is -0.122. The highest BCUT2D eigenvalue weighted by molar-refractivity contribution is 5.80. The smallest absolute Gasteiger partial charge is 0.224 e. The third-order valence-corrected chi connectivity index (χ3v) is 3.77. The lowest BCUT2D eigenvalue weighted by Gasteiger charge is -2.10. The van der Waals surface area contributed by atoms with E-state index >= 15 is 0 Å². The number of aryl methyl sites for hydroxylation is 2. The van der Waals surface area contributed by atoms with Gasteiger partial charge in [-0.05, 0) is 42.7 Å². The minimum atomic E-state index is -0.103. The molecule has 0 radical (unpaired) electrons. The summed E-state index contributed by atoms with van der Waals surface area (Å²) < 4.78 is 5.64. The first kappa shape index (κ1) is 19.5. The molecule has 0 saturated heterocycles. The topological polar surface area (TPSA) is 67.4 Å².